The molecule has 0 unspecified atom stereocenters. The molecule has 1 saturated heterocycles. The number of halogens is 1. The molecule has 9 heteroatoms. The summed E-state index contributed by atoms with van der Waals surface area (Å²) in [5.41, 5.74) is 2.33. The molecule has 25 heavy (non-hydrogen) atoms. The normalized spacial score (nSPS) is 14.9. The van der Waals surface area contributed by atoms with Crippen molar-refractivity contribution in [2.24, 2.45) is 7.05 Å². The monoisotopic (exact) mass is 361 g/mol. The number of hydrogen-bond donors (Lipinski definition) is 0. The summed E-state index contributed by atoms with van der Waals surface area (Å²) in [5.74, 6) is -0.265. The van der Waals surface area contributed by atoms with Gasteiger partial charge in [0.15, 0.2) is 5.65 Å². The van der Waals surface area contributed by atoms with Gasteiger partial charge in [-0.25, -0.2) is 19.2 Å². The number of thiazole rings is 1. The van der Waals surface area contributed by atoms with Crippen LogP contribution in [0.15, 0.2) is 22.4 Å². The molecule has 1 amide bonds. The average molecular weight is 361 g/mol. The van der Waals surface area contributed by atoms with Gasteiger partial charge < -0.3 is 4.90 Å². The number of imidazole rings is 1. The number of alkyl halides is 1. The lowest BCUT2D eigenvalue weighted by Gasteiger charge is -2.34. The fourth-order valence-electron chi connectivity index (χ4n) is 2.93. The number of amides is 1. The lowest BCUT2D eigenvalue weighted by molar-refractivity contribution is -0.138. The second-order valence-corrected chi connectivity index (χ2v) is 7.20. The quantitative estimate of drug-likeness (QED) is 0.706. The van der Waals surface area contributed by atoms with Crippen molar-refractivity contribution in [3.05, 3.63) is 33.1 Å². The van der Waals surface area contributed by atoms with Crippen molar-refractivity contribution < 1.29 is 9.18 Å². The van der Waals surface area contributed by atoms with E-state index >= 15 is 0 Å². The third-order valence-corrected chi connectivity index (χ3v) is 5.14. The number of fused-ring (bicyclic) bond motifs is 1. The van der Waals surface area contributed by atoms with Gasteiger partial charge in [0.05, 0.1) is 29.3 Å². The van der Waals surface area contributed by atoms with E-state index in [0.29, 0.717) is 11.2 Å². The molecule has 1 fully saturated rings. The second-order valence-electron chi connectivity index (χ2n) is 6.14. The second kappa shape index (κ2) is 5.76. The van der Waals surface area contributed by atoms with Gasteiger partial charge in [0.25, 0.3) is 0 Å². The molecule has 4 rings (SSSR count). The predicted molar refractivity (Wildman–Crippen MR) is 92.3 cm³/mol. The Bertz CT molecular complexity index is 1030. The van der Waals surface area contributed by atoms with Crippen LogP contribution >= 0.6 is 11.3 Å². The summed E-state index contributed by atoms with van der Waals surface area (Å²) >= 11 is 1.53. The summed E-state index contributed by atoms with van der Waals surface area (Å²) in [6, 6.07) is 1.82. The van der Waals surface area contributed by atoms with E-state index in [9.17, 15) is 14.0 Å². The van der Waals surface area contributed by atoms with Gasteiger partial charge in [-0.2, -0.15) is 0 Å². The van der Waals surface area contributed by atoms with Crippen molar-refractivity contribution in [1.82, 2.24) is 24.0 Å². The molecule has 0 atom stereocenters. The van der Waals surface area contributed by atoms with Gasteiger partial charge in [-0.3, -0.25) is 13.9 Å². The average Bonchev–Trinajstić information content (AvgIpc) is 3.09. The Morgan fingerprint density at radius 3 is 2.84 bits per heavy atom. The molecule has 1 aliphatic heterocycles. The minimum Gasteiger partial charge on any atom is -0.335 e. The fourth-order valence-corrected chi connectivity index (χ4v) is 3.55. The van der Waals surface area contributed by atoms with E-state index in [1.807, 2.05) is 18.4 Å². The number of carbonyl (C=O) groups is 1. The molecule has 0 bridgehead atoms. The summed E-state index contributed by atoms with van der Waals surface area (Å²) in [4.78, 5) is 35.0. The number of pyridine rings is 1. The third kappa shape index (κ3) is 2.64. The van der Waals surface area contributed by atoms with Crippen LogP contribution in [0.3, 0.4) is 0 Å². The number of likely N-dealkylation sites (tertiary alicyclic amines) is 1. The Hall–Kier alpha value is -2.55. The van der Waals surface area contributed by atoms with Crippen LogP contribution in [0.2, 0.25) is 0 Å². The highest BCUT2D eigenvalue weighted by Crippen LogP contribution is 2.24. The number of hydrogen-bond acceptors (Lipinski definition) is 5. The summed E-state index contributed by atoms with van der Waals surface area (Å²) < 4.78 is 15.8. The van der Waals surface area contributed by atoms with Gasteiger partial charge in [0.2, 0.25) is 5.91 Å². The molecule has 0 N–H and O–H groups in total. The Balaban J connectivity index is 1.75. The minimum atomic E-state index is -0.964. The van der Waals surface area contributed by atoms with Gasteiger partial charge in [-0.15, -0.1) is 11.3 Å². The van der Waals surface area contributed by atoms with E-state index in [0.717, 1.165) is 16.3 Å². The molecular formula is C16H16FN5O2S. The van der Waals surface area contributed by atoms with Crippen molar-refractivity contribution in [2.75, 3.05) is 13.1 Å². The van der Waals surface area contributed by atoms with Crippen LogP contribution in [0.1, 0.15) is 5.01 Å². The maximum atomic E-state index is 13.0. The molecule has 0 aliphatic carbocycles. The molecule has 0 saturated carbocycles. The first-order valence-electron chi connectivity index (χ1n) is 7.83. The Morgan fingerprint density at radius 1 is 1.44 bits per heavy atom. The predicted octanol–water partition coefficient (Wildman–Crippen LogP) is 1.35. The molecule has 0 spiro atoms. The summed E-state index contributed by atoms with van der Waals surface area (Å²) in [7, 11) is 1.62. The molecule has 3 aromatic rings. The summed E-state index contributed by atoms with van der Waals surface area (Å²) in [6.45, 7) is 1.99. The molecule has 4 heterocycles. The van der Waals surface area contributed by atoms with Crippen LogP contribution in [-0.4, -0.2) is 49.2 Å². The van der Waals surface area contributed by atoms with Gasteiger partial charge in [0.1, 0.15) is 12.7 Å². The van der Waals surface area contributed by atoms with Crippen molar-refractivity contribution in [3.63, 3.8) is 0 Å². The first kappa shape index (κ1) is 15.9. The van der Waals surface area contributed by atoms with Crippen molar-refractivity contribution >= 4 is 28.4 Å². The first-order chi connectivity index (χ1) is 11.9. The largest absolute Gasteiger partial charge is 0.335 e. The van der Waals surface area contributed by atoms with Crippen LogP contribution in [0.5, 0.6) is 0 Å². The van der Waals surface area contributed by atoms with E-state index in [1.165, 1.54) is 25.4 Å². The van der Waals surface area contributed by atoms with E-state index in [4.69, 9.17) is 0 Å². The van der Waals surface area contributed by atoms with Crippen LogP contribution < -0.4 is 5.69 Å². The standard InChI is InChI=1S/C16H16FN5O2S/c1-9-19-12(8-25-9)10-3-13-15(18-4-10)20(2)16(24)22(13)7-14(23)21-5-11(17)6-21/h3-4,8,11H,5-7H2,1-2H3. The molecule has 1 aliphatic rings. The lowest BCUT2D eigenvalue weighted by atomic mass is 10.2. The minimum absolute atomic E-state index is 0.0972. The fraction of sp³-hybridized carbons (Fsp3) is 0.375. The molecule has 0 aromatic carbocycles. The van der Waals surface area contributed by atoms with Crippen molar-refractivity contribution in [3.8, 4) is 11.3 Å². The van der Waals surface area contributed by atoms with Gasteiger partial charge in [0, 0.05) is 24.2 Å². The van der Waals surface area contributed by atoms with Crippen LogP contribution in [0.25, 0.3) is 22.4 Å². The van der Waals surface area contributed by atoms with Crippen molar-refractivity contribution in [2.45, 2.75) is 19.6 Å². The van der Waals surface area contributed by atoms with Crippen LogP contribution in [0, 0.1) is 6.92 Å². The summed E-state index contributed by atoms with van der Waals surface area (Å²) in [5, 5.41) is 2.87. The maximum Gasteiger partial charge on any atom is 0.330 e. The Morgan fingerprint density at radius 2 is 2.20 bits per heavy atom. The Labute approximate surface area is 146 Å². The topological polar surface area (TPSA) is 73.0 Å². The molecule has 3 aromatic heterocycles. The zero-order valence-electron chi connectivity index (χ0n) is 13.8. The van der Waals surface area contributed by atoms with E-state index in [-0.39, 0.29) is 31.2 Å². The molecular weight excluding hydrogens is 345 g/mol. The number of aryl methyl sites for hydroxylation is 2. The highest BCUT2D eigenvalue weighted by atomic mass is 32.1. The number of aromatic nitrogens is 4. The van der Waals surface area contributed by atoms with Crippen LogP contribution in [0.4, 0.5) is 4.39 Å². The van der Waals surface area contributed by atoms with E-state index < -0.39 is 6.17 Å². The first-order valence-corrected chi connectivity index (χ1v) is 8.71. The van der Waals surface area contributed by atoms with Gasteiger partial charge in [-0.1, -0.05) is 0 Å². The van der Waals surface area contributed by atoms with Gasteiger partial charge in [-0.05, 0) is 13.0 Å². The summed E-state index contributed by atoms with van der Waals surface area (Å²) in [6.07, 6.45) is 0.709. The Kier molecular flexibility index (Phi) is 3.68. The lowest BCUT2D eigenvalue weighted by Crippen LogP contribution is -2.52. The third-order valence-electron chi connectivity index (χ3n) is 4.37. The smallest absolute Gasteiger partial charge is 0.330 e. The SMILES string of the molecule is Cc1nc(-c2cnc3c(c2)n(CC(=O)N2CC(F)C2)c(=O)n3C)cs1. The maximum absolute atomic E-state index is 13.0. The zero-order chi connectivity index (χ0) is 17.7. The highest BCUT2D eigenvalue weighted by molar-refractivity contribution is 7.09. The van der Waals surface area contributed by atoms with Crippen LogP contribution in [-0.2, 0) is 18.4 Å². The molecule has 130 valence electrons. The molecule has 7 nitrogen and oxygen atoms in total. The van der Waals surface area contributed by atoms with E-state index in [2.05, 4.69) is 9.97 Å². The highest BCUT2D eigenvalue weighted by Gasteiger charge is 2.31. The number of rotatable bonds is 3. The molecule has 0 radical (unpaired) electrons. The zero-order valence-corrected chi connectivity index (χ0v) is 14.6. The number of carbonyl (C=O) groups excluding carboxylic acids is 1. The van der Waals surface area contributed by atoms with Gasteiger partial charge >= 0.3 is 5.69 Å². The van der Waals surface area contributed by atoms with E-state index in [1.54, 1.807) is 13.2 Å². The van der Waals surface area contributed by atoms with Crippen molar-refractivity contribution in [1.29, 1.82) is 0 Å². The number of nitrogens with zero attached hydrogens (tertiary/aromatic N) is 5.